The maximum atomic E-state index is 9.89. The van der Waals surface area contributed by atoms with Crippen molar-refractivity contribution in [3.05, 3.63) is 42.0 Å². The second-order valence-corrected chi connectivity index (χ2v) is 1.91. The highest BCUT2D eigenvalue weighted by Gasteiger charge is 1.79. The zero-order valence-corrected chi connectivity index (χ0v) is 6.03. The summed E-state index contributed by atoms with van der Waals surface area (Å²) in [6.07, 6.45) is 4.02. The maximum absolute atomic E-state index is 9.89. The fourth-order valence-corrected chi connectivity index (χ4v) is 0.715. The lowest BCUT2D eigenvalue weighted by atomic mass is 10.2. The van der Waals surface area contributed by atoms with Gasteiger partial charge in [0.15, 0.2) is 0 Å². The molecule has 0 atom stereocenters. The topological polar surface area (TPSA) is 48.6 Å². The van der Waals surface area contributed by atoms with E-state index in [4.69, 9.17) is 0 Å². The Morgan fingerprint density at radius 3 is 2.27 bits per heavy atom. The molecule has 0 saturated heterocycles. The molecule has 0 radical (unpaired) electrons. The summed E-state index contributed by atoms with van der Waals surface area (Å²) in [7, 11) is 0. The van der Waals surface area contributed by atoms with Crippen LogP contribution < -0.4 is 0 Å². The summed E-state index contributed by atoms with van der Waals surface area (Å²) >= 11 is 0. The van der Waals surface area contributed by atoms with Crippen molar-refractivity contribution in [3.8, 4) is 0 Å². The van der Waals surface area contributed by atoms with Crippen molar-refractivity contribution in [2.24, 2.45) is 0 Å². The summed E-state index contributed by atoms with van der Waals surface area (Å²) in [5.41, 5.74) is 1.05. The van der Waals surface area contributed by atoms with E-state index in [2.05, 4.69) is 0 Å². The van der Waals surface area contributed by atoms with E-state index < -0.39 is 0 Å². The number of hydrogen-bond donors (Lipinski definition) is 0. The van der Waals surface area contributed by atoms with E-state index in [9.17, 15) is 4.79 Å². The van der Waals surface area contributed by atoms with Crippen LogP contribution in [0.25, 0.3) is 6.08 Å². The molecule has 58 valence electrons. The standard InChI is InChI=1S/C9H8O.H2O/c10-8-4-7-9-5-2-1-3-6-9;/h1-8H;1H2. The van der Waals surface area contributed by atoms with Crippen LogP contribution in [0.1, 0.15) is 5.56 Å². The Kier molecular flexibility index (Phi) is 4.69. The van der Waals surface area contributed by atoms with Crippen molar-refractivity contribution >= 4 is 12.4 Å². The number of benzene rings is 1. The van der Waals surface area contributed by atoms with Gasteiger partial charge < -0.3 is 5.48 Å². The number of aldehydes is 1. The van der Waals surface area contributed by atoms with Crippen LogP contribution in [0.5, 0.6) is 0 Å². The molecule has 2 heteroatoms. The number of hydrogen-bond acceptors (Lipinski definition) is 1. The number of carbonyl (C=O) groups excluding carboxylic acids is 1. The number of allylic oxidation sites excluding steroid dienone is 1. The molecular formula is C9H10O2. The van der Waals surface area contributed by atoms with Gasteiger partial charge in [-0.05, 0) is 11.6 Å². The van der Waals surface area contributed by atoms with Crippen molar-refractivity contribution in [1.82, 2.24) is 0 Å². The number of rotatable bonds is 2. The predicted molar refractivity (Wildman–Crippen MR) is 45.2 cm³/mol. The molecule has 0 saturated carbocycles. The van der Waals surface area contributed by atoms with Crippen LogP contribution in [0.4, 0.5) is 0 Å². The van der Waals surface area contributed by atoms with Gasteiger partial charge in [0, 0.05) is 0 Å². The Bertz CT molecular complexity index is 227. The van der Waals surface area contributed by atoms with E-state index in [0.29, 0.717) is 0 Å². The smallest absolute Gasteiger partial charge is 0.142 e. The second kappa shape index (κ2) is 5.38. The zero-order valence-electron chi connectivity index (χ0n) is 6.03. The number of carbonyl (C=O) groups is 1. The fraction of sp³-hybridized carbons (Fsp3) is 0. The van der Waals surface area contributed by atoms with Crippen molar-refractivity contribution in [3.63, 3.8) is 0 Å². The van der Waals surface area contributed by atoms with E-state index in [0.717, 1.165) is 11.8 Å². The van der Waals surface area contributed by atoms with E-state index in [1.807, 2.05) is 30.3 Å². The molecule has 1 aromatic carbocycles. The quantitative estimate of drug-likeness (QED) is 0.459. The van der Waals surface area contributed by atoms with Gasteiger partial charge in [-0.1, -0.05) is 36.4 Å². The van der Waals surface area contributed by atoms with Gasteiger partial charge in [0.2, 0.25) is 0 Å². The Morgan fingerprint density at radius 1 is 1.09 bits per heavy atom. The molecule has 0 fully saturated rings. The zero-order chi connectivity index (χ0) is 7.23. The van der Waals surface area contributed by atoms with Crippen molar-refractivity contribution in [2.45, 2.75) is 0 Å². The first-order valence-electron chi connectivity index (χ1n) is 3.10. The Balaban J connectivity index is 0.000001000. The van der Waals surface area contributed by atoms with Crippen LogP contribution >= 0.6 is 0 Å². The molecule has 0 unspecified atom stereocenters. The first kappa shape index (κ1) is 9.59. The van der Waals surface area contributed by atoms with Gasteiger partial charge in [-0.25, -0.2) is 0 Å². The predicted octanol–water partition coefficient (Wildman–Crippen LogP) is 1.07. The average molecular weight is 150 g/mol. The first-order chi connectivity index (χ1) is 4.93. The molecule has 1 rings (SSSR count). The van der Waals surface area contributed by atoms with Crippen LogP contribution in [0, 0.1) is 0 Å². The molecule has 2 nitrogen and oxygen atoms in total. The van der Waals surface area contributed by atoms with Crippen LogP contribution in [0.15, 0.2) is 36.4 Å². The third-order valence-electron chi connectivity index (χ3n) is 1.17. The molecule has 0 bridgehead atoms. The van der Waals surface area contributed by atoms with Gasteiger partial charge in [0.25, 0.3) is 0 Å². The fourth-order valence-electron chi connectivity index (χ4n) is 0.715. The first-order valence-corrected chi connectivity index (χ1v) is 3.10. The van der Waals surface area contributed by atoms with Crippen molar-refractivity contribution < 1.29 is 10.3 Å². The summed E-state index contributed by atoms with van der Waals surface area (Å²) in [5.74, 6) is 0. The Morgan fingerprint density at radius 2 is 1.73 bits per heavy atom. The highest BCUT2D eigenvalue weighted by molar-refractivity contribution is 5.73. The summed E-state index contributed by atoms with van der Waals surface area (Å²) in [6, 6.07) is 9.70. The Hall–Kier alpha value is -1.41. The lowest BCUT2D eigenvalue weighted by Crippen LogP contribution is -1.67. The lowest BCUT2D eigenvalue weighted by molar-refractivity contribution is -0.104. The highest BCUT2D eigenvalue weighted by atomic mass is 16.1. The molecule has 0 heterocycles. The monoisotopic (exact) mass is 150 g/mol. The van der Waals surface area contributed by atoms with E-state index in [1.165, 1.54) is 6.08 Å². The van der Waals surface area contributed by atoms with Gasteiger partial charge in [-0.15, -0.1) is 0 Å². The largest absolute Gasteiger partial charge is 0.412 e. The third kappa shape index (κ3) is 3.33. The van der Waals surface area contributed by atoms with Crippen molar-refractivity contribution in [1.29, 1.82) is 0 Å². The van der Waals surface area contributed by atoms with E-state index in [-0.39, 0.29) is 5.48 Å². The molecule has 1 aromatic rings. The molecule has 0 spiro atoms. The van der Waals surface area contributed by atoms with Gasteiger partial charge in [0.1, 0.15) is 6.29 Å². The minimum absolute atomic E-state index is 0. The average Bonchev–Trinajstić information content (AvgIpc) is 2.03. The van der Waals surface area contributed by atoms with Gasteiger partial charge in [-0.3, -0.25) is 4.79 Å². The second-order valence-electron chi connectivity index (χ2n) is 1.91. The van der Waals surface area contributed by atoms with Gasteiger partial charge >= 0.3 is 0 Å². The lowest BCUT2D eigenvalue weighted by Gasteiger charge is -1.86. The molecule has 0 aliphatic heterocycles. The minimum atomic E-state index is 0. The molecular weight excluding hydrogens is 140 g/mol. The molecule has 0 aliphatic rings. The van der Waals surface area contributed by atoms with Gasteiger partial charge in [0.05, 0.1) is 0 Å². The van der Waals surface area contributed by atoms with Crippen LogP contribution in [0.3, 0.4) is 0 Å². The third-order valence-corrected chi connectivity index (χ3v) is 1.17. The summed E-state index contributed by atoms with van der Waals surface area (Å²) in [5, 5.41) is 0. The van der Waals surface area contributed by atoms with Gasteiger partial charge in [-0.2, -0.15) is 0 Å². The van der Waals surface area contributed by atoms with E-state index >= 15 is 0 Å². The van der Waals surface area contributed by atoms with E-state index in [1.54, 1.807) is 6.08 Å². The summed E-state index contributed by atoms with van der Waals surface area (Å²) in [4.78, 5) is 9.89. The molecule has 0 aromatic heterocycles. The normalized spacial score (nSPS) is 9.09. The molecule has 2 N–H and O–H groups in total. The minimum Gasteiger partial charge on any atom is -0.412 e. The molecule has 11 heavy (non-hydrogen) atoms. The SMILES string of the molecule is O.O=CC=Cc1ccccc1. The Labute approximate surface area is 65.5 Å². The summed E-state index contributed by atoms with van der Waals surface area (Å²) in [6.45, 7) is 0. The molecule has 0 aliphatic carbocycles. The summed E-state index contributed by atoms with van der Waals surface area (Å²) < 4.78 is 0. The molecule has 0 amide bonds. The van der Waals surface area contributed by atoms with Crippen LogP contribution in [0.2, 0.25) is 0 Å². The maximum Gasteiger partial charge on any atom is 0.142 e. The van der Waals surface area contributed by atoms with Crippen molar-refractivity contribution in [2.75, 3.05) is 0 Å². The van der Waals surface area contributed by atoms with Crippen LogP contribution in [-0.4, -0.2) is 11.8 Å². The van der Waals surface area contributed by atoms with Crippen LogP contribution in [-0.2, 0) is 4.79 Å². The highest BCUT2D eigenvalue weighted by Crippen LogP contribution is 1.99.